The van der Waals surface area contributed by atoms with Crippen LogP contribution >= 0.6 is 24.0 Å². The van der Waals surface area contributed by atoms with E-state index in [9.17, 15) is 0 Å². The van der Waals surface area contributed by atoms with Gasteiger partial charge in [0, 0.05) is 28.5 Å². The van der Waals surface area contributed by atoms with Gasteiger partial charge in [0.15, 0.2) is 0 Å². The Balaban J connectivity index is 0.00000128. The molecule has 2 rings (SSSR count). The number of benzene rings is 1. The summed E-state index contributed by atoms with van der Waals surface area (Å²) in [5.41, 5.74) is 1.81. The van der Waals surface area contributed by atoms with Gasteiger partial charge in [0.05, 0.1) is 0 Å². The average Bonchev–Trinajstić information content (AvgIpc) is 2.28. The van der Waals surface area contributed by atoms with Crippen LogP contribution in [0, 0.1) is 11.8 Å². The number of hydrogen-bond acceptors (Lipinski definition) is 1. The Hall–Kier alpha value is -1.49. The van der Waals surface area contributed by atoms with Crippen LogP contribution in [0.3, 0.4) is 0 Å². The Kier molecular flexibility index (Phi) is 4.85. The summed E-state index contributed by atoms with van der Waals surface area (Å²) >= 11 is 5.85. The molecule has 2 aromatic rings. The molecule has 0 bridgehead atoms. The standard InChI is InChI=1S/C13H8ClN.ClH/c14-13-5-1-3-11(9-13)6-7-12-4-2-8-15-10-12;/h1-5,8-10H;1H. The third kappa shape index (κ3) is 3.58. The highest BCUT2D eigenvalue weighted by Crippen LogP contribution is 2.09. The van der Waals surface area contributed by atoms with Crippen LogP contribution in [0.25, 0.3) is 0 Å². The first-order chi connectivity index (χ1) is 7.34. The maximum atomic E-state index is 5.85. The molecule has 16 heavy (non-hydrogen) atoms. The van der Waals surface area contributed by atoms with E-state index in [0.717, 1.165) is 11.1 Å². The molecule has 0 aliphatic carbocycles. The minimum Gasteiger partial charge on any atom is -0.263 e. The van der Waals surface area contributed by atoms with Gasteiger partial charge in [-0.25, -0.2) is 0 Å². The minimum atomic E-state index is 0. The van der Waals surface area contributed by atoms with Crippen molar-refractivity contribution in [2.24, 2.45) is 0 Å². The first-order valence-electron chi connectivity index (χ1n) is 4.52. The molecule has 0 spiro atoms. The third-order valence-corrected chi connectivity index (χ3v) is 2.07. The molecule has 1 aromatic heterocycles. The number of halogens is 2. The van der Waals surface area contributed by atoms with Crippen molar-refractivity contribution in [1.29, 1.82) is 0 Å². The lowest BCUT2D eigenvalue weighted by atomic mass is 10.2. The molecule has 0 N–H and O–H groups in total. The van der Waals surface area contributed by atoms with Crippen LogP contribution in [0.2, 0.25) is 5.02 Å². The Morgan fingerprint density at radius 2 is 1.75 bits per heavy atom. The van der Waals surface area contributed by atoms with Gasteiger partial charge in [-0.1, -0.05) is 29.5 Å². The van der Waals surface area contributed by atoms with Crippen LogP contribution < -0.4 is 0 Å². The monoisotopic (exact) mass is 249 g/mol. The van der Waals surface area contributed by atoms with E-state index in [1.54, 1.807) is 12.4 Å². The lowest BCUT2D eigenvalue weighted by Crippen LogP contribution is -1.77. The number of nitrogens with zero attached hydrogens (tertiary/aromatic N) is 1. The molecule has 3 heteroatoms. The van der Waals surface area contributed by atoms with Gasteiger partial charge in [-0.3, -0.25) is 4.98 Å². The van der Waals surface area contributed by atoms with Crippen LogP contribution in [-0.4, -0.2) is 4.98 Å². The SMILES string of the molecule is Cl.Clc1cccc(C#Cc2cccnc2)c1. The molecule has 1 nitrogen and oxygen atoms in total. The van der Waals surface area contributed by atoms with E-state index in [0.29, 0.717) is 5.02 Å². The molecule has 0 radical (unpaired) electrons. The predicted molar refractivity (Wildman–Crippen MR) is 68.9 cm³/mol. The van der Waals surface area contributed by atoms with Crippen molar-refractivity contribution in [1.82, 2.24) is 4.98 Å². The molecule has 0 atom stereocenters. The molecule has 0 aliphatic heterocycles. The molecule has 0 unspecified atom stereocenters. The van der Waals surface area contributed by atoms with E-state index < -0.39 is 0 Å². The van der Waals surface area contributed by atoms with E-state index in [4.69, 9.17) is 11.6 Å². The largest absolute Gasteiger partial charge is 0.263 e. The van der Waals surface area contributed by atoms with Crippen molar-refractivity contribution < 1.29 is 0 Å². The fraction of sp³-hybridized carbons (Fsp3) is 0. The summed E-state index contributed by atoms with van der Waals surface area (Å²) in [5.74, 6) is 6.04. The van der Waals surface area contributed by atoms with Crippen molar-refractivity contribution in [3.05, 3.63) is 64.9 Å². The summed E-state index contributed by atoms with van der Waals surface area (Å²) in [6.45, 7) is 0. The summed E-state index contributed by atoms with van der Waals surface area (Å²) < 4.78 is 0. The normalized spacial score (nSPS) is 8.56. The van der Waals surface area contributed by atoms with E-state index in [1.165, 1.54) is 0 Å². The van der Waals surface area contributed by atoms with Crippen molar-refractivity contribution in [3.63, 3.8) is 0 Å². The number of rotatable bonds is 0. The molecular weight excluding hydrogens is 241 g/mol. The molecular formula is C13H9Cl2N. The Morgan fingerprint density at radius 1 is 1.00 bits per heavy atom. The number of pyridine rings is 1. The van der Waals surface area contributed by atoms with Gasteiger partial charge in [0.2, 0.25) is 0 Å². The molecule has 1 aromatic carbocycles. The van der Waals surface area contributed by atoms with Crippen molar-refractivity contribution in [2.75, 3.05) is 0 Å². The van der Waals surface area contributed by atoms with Gasteiger partial charge in [-0.05, 0) is 30.3 Å². The molecule has 0 fully saturated rings. The molecule has 0 aliphatic rings. The molecule has 0 saturated heterocycles. The zero-order valence-electron chi connectivity index (χ0n) is 8.35. The van der Waals surface area contributed by atoms with Crippen molar-refractivity contribution in [2.45, 2.75) is 0 Å². The summed E-state index contributed by atoms with van der Waals surface area (Å²) in [6, 6.07) is 11.3. The van der Waals surface area contributed by atoms with Crippen LogP contribution in [0.4, 0.5) is 0 Å². The van der Waals surface area contributed by atoms with Gasteiger partial charge in [0.1, 0.15) is 0 Å². The Bertz CT molecular complexity index is 512. The highest BCUT2D eigenvalue weighted by molar-refractivity contribution is 6.30. The average molecular weight is 250 g/mol. The van der Waals surface area contributed by atoms with Gasteiger partial charge < -0.3 is 0 Å². The third-order valence-electron chi connectivity index (χ3n) is 1.84. The van der Waals surface area contributed by atoms with Gasteiger partial charge in [0.25, 0.3) is 0 Å². The zero-order valence-corrected chi connectivity index (χ0v) is 9.92. The highest BCUT2D eigenvalue weighted by atomic mass is 35.5. The minimum absolute atomic E-state index is 0. The molecule has 1 heterocycles. The smallest absolute Gasteiger partial charge is 0.0432 e. The van der Waals surface area contributed by atoms with Gasteiger partial charge in [-0.15, -0.1) is 12.4 Å². The molecule has 0 amide bonds. The lowest BCUT2D eigenvalue weighted by molar-refractivity contribution is 1.31. The van der Waals surface area contributed by atoms with Gasteiger partial charge >= 0.3 is 0 Å². The maximum absolute atomic E-state index is 5.85. The molecule has 80 valence electrons. The van der Waals surface area contributed by atoms with Crippen molar-refractivity contribution in [3.8, 4) is 11.8 Å². The summed E-state index contributed by atoms with van der Waals surface area (Å²) in [5, 5.41) is 0.702. The second-order valence-electron chi connectivity index (χ2n) is 3.00. The summed E-state index contributed by atoms with van der Waals surface area (Å²) in [6.07, 6.45) is 3.46. The fourth-order valence-corrected chi connectivity index (χ4v) is 1.34. The molecule has 0 saturated carbocycles. The van der Waals surface area contributed by atoms with E-state index >= 15 is 0 Å². The van der Waals surface area contributed by atoms with E-state index in [1.807, 2.05) is 36.4 Å². The predicted octanol–water partition coefficient (Wildman–Crippen LogP) is 3.56. The Morgan fingerprint density at radius 3 is 2.44 bits per heavy atom. The second kappa shape index (κ2) is 6.17. The summed E-state index contributed by atoms with van der Waals surface area (Å²) in [7, 11) is 0. The van der Waals surface area contributed by atoms with E-state index in [-0.39, 0.29) is 12.4 Å². The fourth-order valence-electron chi connectivity index (χ4n) is 1.15. The van der Waals surface area contributed by atoms with E-state index in [2.05, 4.69) is 16.8 Å². The maximum Gasteiger partial charge on any atom is 0.0432 e. The lowest BCUT2D eigenvalue weighted by Gasteiger charge is -1.90. The first kappa shape index (κ1) is 12.6. The highest BCUT2D eigenvalue weighted by Gasteiger charge is 1.88. The number of aromatic nitrogens is 1. The van der Waals surface area contributed by atoms with Crippen LogP contribution in [0.15, 0.2) is 48.8 Å². The number of hydrogen-bond donors (Lipinski definition) is 0. The van der Waals surface area contributed by atoms with Crippen LogP contribution in [0.5, 0.6) is 0 Å². The first-order valence-corrected chi connectivity index (χ1v) is 4.90. The van der Waals surface area contributed by atoms with Crippen LogP contribution in [-0.2, 0) is 0 Å². The zero-order chi connectivity index (χ0) is 10.5. The van der Waals surface area contributed by atoms with Crippen LogP contribution in [0.1, 0.15) is 11.1 Å². The Labute approximate surface area is 106 Å². The topological polar surface area (TPSA) is 12.9 Å². The van der Waals surface area contributed by atoms with Crippen molar-refractivity contribution >= 4 is 24.0 Å². The quantitative estimate of drug-likeness (QED) is 0.651. The second-order valence-corrected chi connectivity index (χ2v) is 3.44. The van der Waals surface area contributed by atoms with Gasteiger partial charge in [-0.2, -0.15) is 0 Å². The summed E-state index contributed by atoms with van der Waals surface area (Å²) in [4.78, 5) is 3.99.